The zero-order chi connectivity index (χ0) is 22.9. The molecule has 2 atom stereocenters. The highest BCUT2D eigenvalue weighted by molar-refractivity contribution is 6.00. The smallest absolute Gasteiger partial charge is 0.165 e. The minimum absolute atomic E-state index is 0.0374. The van der Waals surface area contributed by atoms with Crippen LogP contribution in [0.3, 0.4) is 0 Å². The van der Waals surface area contributed by atoms with Crippen molar-refractivity contribution in [1.29, 1.82) is 5.26 Å². The molecule has 0 amide bonds. The summed E-state index contributed by atoms with van der Waals surface area (Å²) < 4.78 is 34.2. The summed E-state index contributed by atoms with van der Waals surface area (Å²) in [6, 6.07) is 11.1. The molecule has 3 heterocycles. The first-order valence-corrected chi connectivity index (χ1v) is 10.6. The highest BCUT2D eigenvalue weighted by Crippen LogP contribution is 2.38. The standard InChI is InChI=1S/C24H22F2N6O/c1-33-20-5-4-15(11-19(20)26)22-21(14-2-3-16(12-27)18(25)10-14)31-24-23(29-8-9-32(22)24)30-17-6-7-28-13-17/h2-5,8-11,17,24,28,31H,6-7,13H2,1H3,(H,29,30). The van der Waals surface area contributed by atoms with Crippen LogP contribution in [0.2, 0.25) is 0 Å². The average molecular weight is 448 g/mol. The molecule has 0 spiro atoms. The van der Waals surface area contributed by atoms with E-state index >= 15 is 0 Å². The summed E-state index contributed by atoms with van der Waals surface area (Å²) >= 11 is 0. The van der Waals surface area contributed by atoms with E-state index in [0.717, 1.165) is 25.3 Å². The summed E-state index contributed by atoms with van der Waals surface area (Å²) in [6.07, 6.45) is 4.19. The van der Waals surface area contributed by atoms with Crippen LogP contribution in [-0.4, -0.2) is 43.1 Å². The number of methoxy groups -OCH3 is 1. The zero-order valence-corrected chi connectivity index (χ0v) is 17.9. The number of hydrogen-bond donors (Lipinski definition) is 3. The van der Waals surface area contributed by atoms with Crippen LogP contribution in [0.15, 0.2) is 53.8 Å². The van der Waals surface area contributed by atoms with E-state index in [-0.39, 0.29) is 23.5 Å². The van der Waals surface area contributed by atoms with Crippen molar-refractivity contribution in [3.8, 4) is 11.8 Å². The average Bonchev–Trinajstić information content (AvgIpc) is 3.47. The maximum atomic E-state index is 14.6. The van der Waals surface area contributed by atoms with Crippen molar-refractivity contribution >= 4 is 17.2 Å². The van der Waals surface area contributed by atoms with Crippen LogP contribution in [0.25, 0.3) is 11.4 Å². The van der Waals surface area contributed by atoms with Gasteiger partial charge in [-0.2, -0.15) is 5.26 Å². The van der Waals surface area contributed by atoms with Crippen LogP contribution < -0.4 is 20.7 Å². The molecule has 1 saturated heterocycles. The molecule has 168 valence electrons. The Kier molecular flexibility index (Phi) is 5.44. The van der Waals surface area contributed by atoms with E-state index in [1.807, 2.05) is 17.2 Å². The van der Waals surface area contributed by atoms with Gasteiger partial charge in [-0.1, -0.05) is 6.07 Å². The van der Waals surface area contributed by atoms with Gasteiger partial charge in [0.05, 0.1) is 30.1 Å². The number of nitrogens with zero attached hydrogens (tertiary/aromatic N) is 3. The molecule has 0 aliphatic carbocycles. The van der Waals surface area contributed by atoms with Gasteiger partial charge in [0.15, 0.2) is 17.7 Å². The first-order valence-electron chi connectivity index (χ1n) is 10.6. The van der Waals surface area contributed by atoms with Crippen LogP contribution in [0.5, 0.6) is 5.75 Å². The molecule has 1 fully saturated rings. The lowest BCUT2D eigenvalue weighted by Gasteiger charge is -2.31. The Morgan fingerprint density at radius 1 is 1.15 bits per heavy atom. The van der Waals surface area contributed by atoms with Gasteiger partial charge in [-0.05, 0) is 43.3 Å². The number of ether oxygens (including phenoxy) is 1. The second-order valence-corrected chi connectivity index (χ2v) is 7.95. The molecule has 9 heteroatoms. The normalized spacial score (nSPS) is 22.7. The fourth-order valence-electron chi connectivity index (χ4n) is 4.32. The molecule has 3 aliphatic heterocycles. The molecular weight excluding hydrogens is 426 g/mol. The molecule has 2 aromatic carbocycles. The van der Waals surface area contributed by atoms with Gasteiger partial charge in [-0.15, -0.1) is 0 Å². The molecule has 3 N–H and O–H groups in total. The van der Waals surface area contributed by atoms with Crippen molar-refractivity contribution in [1.82, 2.24) is 20.9 Å². The molecule has 5 rings (SSSR count). The first kappa shape index (κ1) is 21.0. The molecule has 33 heavy (non-hydrogen) atoms. The fraction of sp³-hybridized carbons (Fsp3) is 0.250. The monoisotopic (exact) mass is 448 g/mol. The lowest BCUT2D eigenvalue weighted by Crippen LogP contribution is -2.50. The number of aliphatic imine (C=N–C) groups is 1. The molecule has 0 aromatic heterocycles. The van der Waals surface area contributed by atoms with Crippen molar-refractivity contribution in [2.75, 3.05) is 20.2 Å². The Labute approximate surface area is 190 Å². The summed E-state index contributed by atoms with van der Waals surface area (Å²) in [5.41, 5.74) is 2.38. The molecule has 2 aromatic rings. The quantitative estimate of drug-likeness (QED) is 0.667. The third-order valence-corrected chi connectivity index (χ3v) is 5.94. The molecule has 0 saturated carbocycles. The van der Waals surface area contributed by atoms with Crippen molar-refractivity contribution in [3.63, 3.8) is 0 Å². The Bertz CT molecular complexity index is 1230. The summed E-state index contributed by atoms with van der Waals surface area (Å²) in [4.78, 5) is 6.82. The number of hydrogen-bond acceptors (Lipinski definition) is 6. The summed E-state index contributed by atoms with van der Waals surface area (Å²) in [7, 11) is 1.41. The van der Waals surface area contributed by atoms with Crippen molar-refractivity contribution in [3.05, 3.63) is 77.1 Å². The zero-order valence-electron chi connectivity index (χ0n) is 17.9. The Hall–Kier alpha value is -3.90. The number of fused-ring (bicyclic) bond motifs is 1. The van der Waals surface area contributed by atoms with Gasteiger partial charge < -0.3 is 25.6 Å². The predicted octanol–water partition coefficient (Wildman–Crippen LogP) is 2.74. The number of benzene rings is 2. The second kappa shape index (κ2) is 8.56. The van der Waals surface area contributed by atoms with E-state index < -0.39 is 11.6 Å². The highest BCUT2D eigenvalue weighted by Gasteiger charge is 2.37. The molecule has 0 bridgehead atoms. The first-order chi connectivity index (χ1) is 16.1. The molecule has 2 unspecified atom stereocenters. The SMILES string of the molecule is COc1ccc(C2=C(c3ccc(C#N)c(F)c3)NC3C(=NC4CCNC4)NC=CN23)cc1F. The predicted molar refractivity (Wildman–Crippen MR) is 121 cm³/mol. The van der Waals surface area contributed by atoms with Crippen LogP contribution in [0, 0.1) is 23.0 Å². The molecule has 0 radical (unpaired) electrons. The Morgan fingerprint density at radius 3 is 2.67 bits per heavy atom. The fourth-order valence-corrected chi connectivity index (χ4v) is 4.32. The topological polar surface area (TPSA) is 84.7 Å². The maximum Gasteiger partial charge on any atom is 0.165 e. The lowest BCUT2D eigenvalue weighted by molar-refractivity contribution is 0.386. The van der Waals surface area contributed by atoms with Crippen LogP contribution >= 0.6 is 0 Å². The van der Waals surface area contributed by atoms with Crippen LogP contribution in [0.4, 0.5) is 8.78 Å². The second-order valence-electron chi connectivity index (χ2n) is 7.95. The van der Waals surface area contributed by atoms with E-state index in [1.54, 1.807) is 24.4 Å². The third-order valence-electron chi connectivity index (χ3n) is 5.94. The van der Waals surface area contributed by atoms with Crippen molar-refractivity contribution in [2.45, 2.75) is 18.6 Å². The summed E-state index contributed by atoms with van der Waals surface area (Å²) in [5, 5.41) is 19.1. The van der Waals surface area contributed by atoms with Gasteiger partial charge in [0.1, 0.15) is 17.7 Å². The van der Waals surface area contributed by atoms with Crippen LogP contribution in [0.1, 0.15) is 23.1 Å². The van der Waals surface area contributed by atoms with Gasteiger partial charge in [-0.25, -0.2) is 8.78 Å². The number of amidine groups is 1. The summed E-state index contributed by atoms with van der Waals surface area (Å²) in [6.45, 7) is 1.72. The van der Waals surface area contributed by atoms with Crippen LogP contribution in [-0.2, 0) is 0 Å². The number of rotatable bonds is 4. The Morgan fingerprint density at radius 2 is 1.97 bits per heavy atom. The molecular formula is C24H22F2N6O. The van der Waals surface area contributed by atoms with Crippen molar-refractivity contribution in [2.24, 2.45) is 4.99 Å². The van der Waals surface area contributed by atoms with Gasteiger partial charge in [0.25, 0.3) is 0 Å². The van der Waals surface area contributed by atoms with E-state index in [4.69, 9.17) is 15.0 Å². The van der Waals surface area contributed by atoms with Crippen molar-refractivity contribution < 1.29 is 13.5 Å². The molecule has 3 aliphatic rings. The lowest BCUT2D eigenvalue weighted by atomic mass is 10.0. The van der Waals surface area contributed by atoms with E-state index in [0.29, 0.717) is 22.5 Å². The van der Waals surface area contributed by atoms with E-state index in [9.17, 15) is 8.78 Å². The minimum atomic E-state index is -0.617. The number of halogens is 2. The van der Waals surface area contributed by atoms with Gasteiger partial charge in [-0.3, -0.25) is 4.99 Å². The number of nitrogens with one attached hydrogen (secondary N) is 3. The maximum absolute atomic E-state index is 14.6. The van der Waals surface area contributed by atoms with E-state index in [2.05, 4.69) is 16.0 Å². The summed E-state index contributed by atoms with van der Waals surface area (Å²) in [5.74, 6) is -0.253. The van der Waals surface area contributed by atoms with Gasteiger partial charge in [0.2, 0.25) is 0 Å². The number of nitriles is 1. The Balaban J connectivity index is 1.62. The van der Waals surface area contributed by atoms with E-state index in [1.165, 1.54) is 25.3 Å². The van der Waals surface area contributed by atoms with Gasteiger partial charge >= 0.3 is 0 Å². The third kappa shape index (κ3) is 3.79. The highest BCUT2D eigenvalue weighted by atomic mass is 19.1. The minimum Gasteiger partial charge on any atom is -0.494 e. The largest absolute Gasteiger partial charge is 0.494 e. The van der Waals surface area contributed by atoms with Gasteiger partial charge in [0, 0.05) is 30.1 Å². The molecule has 7 nitrogen and oxygen atoms in total.